The molecule has 0 spiro atoms. The molecule has 0 N–H and O–H groups in total. The number of halogens is 3. The first-order valence-electron chi connectivity index (χ1n) is 12.1. The minimum atomic E-state index is -4.37. The number of hydrogen-bond donors (Lipinski definition) is 0. The smallest absolute Gasteiger partial charge is 0.416 e. The fraction of sp³-hybridized carbons (Fsp3) is 0.393. The third kappa shape index (κ3) is 5.92. The van der Waals surface area contributed by atoms with E-state index in [1.54, 1.807) is 12.3 Å². The van der Waals surface area contributed by atoms with Gasteiger partial charge in [-0.15, -0.1) is 0 Å². The second kappa shape index (κ2) is 9.90. The van der Waals surface area contributed by atoms with Crippen molar-refractivity contribution in [3.63, 3.8) is 0 Å². The van der Waals surface area contributed by atoms with Crippen molar-refractivity contribution in [2.45, 2.75) is 70.6 Å². The highest BCUT2D eigenvalue weighted by Crippen LogP contribution is 2.45. The van der Waals surface area contributed by atoms with E-state index in [1.165, 1.54) is 17.7 Å². The summed E-state index contributed by atoms with van der Waals surface area (Å²) in [5.74, 6) is 1.61. The van der Waals surface area contributed by atoms with Crippen LogP contribution in [0.1, 0.15) is 55.5 Å². The molecule has 0 amide bonds. The number of hydrogen-bond acceptors (Lipinski definition) is 4. The summed E-state index contributed by atoms with van der Waals surface area (Å²) in [5, 5.41) is 0.145. The Morgan fingerprint density at radius 2 is 1.69 bits per heavy atom. The second-order valence-corrected chi connectivity index (χ2v) is 15.4. The van der Waals surface area contributed by atoms with Crippen LogP contribution >= 0.6 is 0 Å². The lowest BCUT2D eigenvalue weighted by Gasteiger charge is -2.38. The fourth-order valence-corrected chi connectivity index (χ4v) is 5.22. The highest BCUT2D eigenvalue weighted by Gasteiger charge is 2.41. The van der Waals surface area contributed by atoms with E-state index in [9.17, 15) is 13.2 Å². The van der Waals surface area contributed by atoms with Crippen LogP contribution in [0.15, 0.2) is 60.8 Å². The zero-order valence-corrected chi connectivity index (χ0v) is 22.3. The Balaban J connectivity index is 1.39. The third-order valence-electron chi connectivity index (χ3n) is 7.02. The van der Waals surface area contributed by atoms with E-state index in [4.69, 9.17) is 13.9 Å². The van der Waals surface area contributed by atoms with Crippen LogP contribution < -0.4 is 9.47 Å². The van der Waals surface area contributed by atoms with Crippen LogP contribution in [0.25, 0.3) is 0 Å². The van der Waals surface area contributed by atoms with Crippen molar-refractivity contribution in [3.8, 4) is 17.4 Å². The maximum Gasteiger partial charge on any atom is 0.416 e. The molecule has 2 aromatic carbocycles. The van der Waals surface area contributed by atoms with Gasteiger partial charge in [0.05, 0.1) is 11.7 Å². The SMILES string of the molecule is CC(C)(C)[Si](C)(C)OC1CCc2c(Oc3ccc(COc4ccc(C(F)(F)F)cc4)cn3)cccc21. The number of fused-ring (bicyclic) bond motifs is 1. The summed E-state index contributed by atoms with van der Waals surface area (Å²) in [4.78, 5) is 4.39. The molecule has 1 aromatic heterocycles. The highest BCUT2D eigenvalue weighted by atomic mass is 28.4. The molecule has 0 radical (unpaired) electrons. The Morgan fingerprint density at radius 3 is 2.31 bits per heavy atom. The summed E-state index contributed by atoms with van der Waals surface area (Å²) >= 11 is 0. The average molecular weight is 516 g/mol. The Morgan fingerprint density at radius 1 is 0.972 bits per heavy atom. The molecule has 1 aliphatic rings. The van der Waals surface area contributed by atoms with Gasteiger partial charge in [0.15, 0.2) is 8.32 Å². The summed E-state index contributed by atoms with van der Waals surface area (Å²) in [6.45, 7) is 11.5. The Bertz CT molecular complexity index is 1190. The molecule has 4 nitrogen and oxygen atoms in total. The van der Waals surface area contributed by atoms with E-state index in [-0.39, 0.29) is 17.7 Å². The van der Waals surface area contributed by atoms with E-state index in [0.29, 0.717) is 11.6 Å². The van der Waals surface area contributed by atoms with Crippen LogP contribution in [0.2, 0.25) is 18.1 Å². The number of benzene rings is 2. The summed E-state index contributed by atoms with van der Waals surface area (Å²) in [6, 6.07) is 14.3. The molecule has 1 aliphatic carbocycles. The maximum absolute atomic E-state index is 12.7. The summed E-state index contributed by atoms with van der Waals surface area (Å²) in [7, 11) is -1.90. The van der Waals surface area contributed by atoms with Crippen LogP contribution in [-0.4, -0.2) is 13.3 Å². The molecular weight excluding hydrogens is 483 g/mol. The van der Waals surface area contributed by atoms with Gasteiger partial charge in [-0.2, -0.15) is 13.2 Å². The van der Waals surface area contributed by atoms with Crippen LogP contribution in [0.4, 0.5) is 13.2 Å². The maximum atomic E-state index is 12.7. The van der Waals surface area contributed by atoms with Crippen molar-refractivity contribution in [1.82, 2.24) is 4.98 Å². The van der Waals surface area contributed by atoms with Crippen molar-refractivity contribution in [1.29, 1.82) is 0 Å². The molecule has 192 valence electrons. The van der Waals surface area contributed by atoms with Gasteiger partial charge >= 0.3 is 6.18 Å². The quantitative estimate of drug-likeness (QED) is 0.296. The monoisotopic (exact) mass is 515 g/mol. The number of aromatic nitrogens is 1. The average Bonchev–Trinajstić information content (AvgIpc) is 3.21. The molecular formula is C28H32F3NO3Si. The predicted octanol–water partition coefficient (Wildman–Crippen LogP) is 8.48. The van der Waals surface area contributed by atoms with E-state index in [1.807, 2.05) is 18.2 Å². The fourth-order valence-electron chi connectivity index (χ4n) is 3.91. The van der Waals surface area contributed by atoms with Crippen molar-refractivity contribution < 1.29 is 27.1 Å². The van der Waals surface area contributed by atoms with Crippen molar-refractivity contribution in [3.05, 3.63) is 83.0 Å². The van der Waals surface area contributed by atoms with Gasteiger partial charge in [-0.3, -0.25) is 0 Å². The lowest BCUT2D eigenvalue weighted by molar-refractivity contribution is -0.137. The molecule has 3 aromatic rings. The van der Waals surface area contributed by atoms with Gasteiger partial charge < -0.3 is 13.9 Å². The Kier molecular flexibility index (Phi) is 7.21. The number of ether oxygens (including phenoxy) is 2. The molecule has 1 atom stereocenters. The molecule has 36 heavy (non-hydrogen) atoms. The van der Waals surface area contributed by atoms with Gasteiger partial charge in [0, 0.05) is 23.4 Å². The normalized spacial score (nSPS) is 16.1. The van der Waals surface area contributed by atoms with Gasteiger partial charge in [0.25, 0.3) is 0 Å². The van der Waals surface area contributed by atoms with E-state index < -0.39 is 20.1 Å². The second-order valence-electron chi connectivity index (χ2n) is 10.6. The zero-order valence-electron chi connectivity index (χ0n) is 21.3. The lowest BCUT2D eigenvalue weighted by atomic mass is 10.1. The molecule has 0 saturated carbocycles. The highest BCUT2D eigenvalue weighted by molar-refractivity contribution is 6.74. The van der Waals surface area contributed by atoms with Crippen LogP contribution in [-0.2, 0) is 23.6 Å². The van der Waals surface area contributed by atoms with E-state index in [0.717, 1.165) is 41.9 Å². The largest absolute Gasteiger partial charge is 0.489 e. The van der Waals surface area contributed by atoms with Crippen molar-refractivity contribution >= 4 is 8.32 Å². The molecule has 0 fully saturated rings. The Labute approximate surface area is 211 Å². The summed E-state index contributed by atoms with van der Waals surface area (Å²) in [6.07, 6.45) is -0.802. The topological polar surface area (TPSA) is 40.6 Å². The molecule has 0 aliphatic heterocycles. The molecule has 1 unspecified atom stereocenters. The number of nitrogens with zero attached hydrogens (tertiary/aromatic N) is 1. The van der Waals surface area contributed by atoms with Crippen molar-refractivity contribution in [2.24, 2.45) is 0 Å². The standard InChI is InChI=1S/C28H32F3NO3Si/c1-27(2,3)36(4,5)35-25-15-14-23-22(25)7-6-8-24(23)34-26-16-9-19(17-32-26)18-33-21-12-10-20(11-13-21)28(29,30)31/h6-13,16-17,25H,14-15,18H2,1-5H3. The predicted molar refractivity (Wildman–Crippen MR) is 136 cm³/mol. The van der Waals surface area contributed by atoms with Gasteiger partial charge in [-0.05, 0) is 72.9 Å². The number of rotatable bonds is 7. The summed E-state index contributed by atoms with van der Waals surface area (Å²) in [5.41, 5.74) is 2.43. The first-order chi connectivity index (χ1) is 16.8. The third-order valence-corrected chi connectivity index (χ3v) is 11.5. The minimum absolute atomic E-state index is 0.0853. The Hall–Kier alpha value is -2.84. The first kappa shape index (κ1) is 26.2. The van der Waals surface area contributed by atoms with Gasteiger partial charge in [-0.25, -0.2) is 4.98 Å². The molecule has 4 rings (SSSR count). The molecule has 8 heteroatoms. The van der Waals surface area contributed by atoms with Crippen LogP contribution in [0.3, 0.4) is 0 Å². The van der Waals surface area contributed by atoms with Gasteiger partial charge in [0.2, 0.25) is 5.88 Å². The first-order valence-corrected chi connectivity index (χ1v) is 15.0. The zero-order chi connectivity index (χ0) is 26.1. The van der Waals surface area contributed by atoms with E-state index >= 15 is 0 Å². The van der Waals surface area contributed by atoms with Crippen molar-refractivity contribution in [2.75, 3.05) is 0 Å². The summed E-state index contributed by atoms with van der Waals surface area (Å²) < 4.78 is 56.5. The lowest BCUT2D eigenvalue weighted by Crippen LogP contribution is -2.41. The number of alkyl halides is 3. The molecule has 0 saturated heterocycles. The molecule has 0 bridgehead atoms. The number of pyridine rings is 1. The molecule has 1 heterocycles. The van der Waals surface area contributed by atoms with Crippen LogP contribution in [0, 0.1) is 0 Å². The van der Waals surface area contributed by atoms with Crippen LogP contribution in [0.5, 0.6) is 17.4 Å². The minimum Gasteiger partial charge on any atom is -0.489 e. The van der Waals surface area contributed by atoms with E-state index in [2.05, 4.69) is 44.9 Å². The van der Waals surface area contributed by atoms with Gasteiger partial charge in [0.1, 0.15) is 18.1 Å². The van der Waals surface area contributed by atoms with Gasteiger partial charge in [-0.1, -0.05) is 32.9 Å².